The first kappa shape index (κ1) is 14.8. The summed E-state index contributed by atoms with van der Waals surface area (Å²) in [6, 6.07) is 5.48. The van der Waals surface area contributed by atoms with Crippen LogP contribution >= 0.6 is 11.6 Å². The number of hydrogen-bond acceptors (Lipinski definition) is 4. The third kappa shape index (κ3) is 3.26. The fourth-order valence-electron chi connectivity index (χ4n) is 2.06. The van der Waals surface area contributed by atoms with Gasteiger partial charge in [0.05, 0.1) is 30.7 Å². The van der Waals surface area contributed by atoms with E-state index in [2.05, 4.69) is 15.3 Å². The average Bonchev–Trinajstić information content (AvgIpc) is 2.46. The summed E-state index contributed by atoms with van der Waals surface area (Å²) in [6.07, 6.45) is 3.54. The summed E-state index contributed by atoms with van der Waals surface area (Å²) >= 11 is 6.11. The maximum absolute atomic E-state index is 6.11. The van der Waals surface area contributed by atoms with Crippen LogP contribution in [0.1, 0.15) is 29.9 Å². The summed E-state index contributed by atoms with van der Waals surface area (Å²) in [4.78, 5) is 8.76. The summed E-state index contributed by atoms with van der Waals surface area (Å²) in [5.41, 5.74) is 2.69. The predicted octanol–water partition coefficient (Wildman–Crippen LogP) is 3.15. The molecule has 1 heterocycles. The third-order valence-corrected chi connectivity index (χ3v) is 3.24. The number of aromatic nitrogens is 2. The van der Waals surface area contributed by atoms with Crippen LogP contribution in [0.25, 0.3) is 0 Å². The molecular weight excluding hydrogens is 274 g/mol. The van der Waals surface area contributed by atoms with Crippen molar-refractivity contribution in [3.8, 4) is 5.75 Å². The second-order valence-corrected chi connectivity index (χ2v) is 4.90. The van der Waals surface area contributed by atoms with Crippen molar-refractivity contribution in [3.05, 3.63) is 52.6 Å². The Bertz CT molecular complexity index is 572. The van der Waals surface area contributed by atoms with Crippen molar-refractivity contribution in [2.45, 2.75) is 19.9 Å². The molecule has 0 radical (unpaired) electrons. The third-order valence-electron chi connectivity index (χ3n) is 3.01. The smallest absolute Gasteiger partial charge is 0.124 e. The minimum atomic E-state index is -0.0956. The van der Waals surface area contributed by atoms with E-state index >= 15 is 0 Å². The van der Waals surface area contributed by atoms with Gasteiger partial charge < -0.3 is 10.1 Å². The summed E-state index contributed by atoms with van der Waals surface area (Å²) in [6.45, 7) is 4.76. The standard InChI is InChI=1S/C15H18ClN3O/c1-4-17-15(13-9-18-10(2)8-19-13)12-7-11(16)5-6-14(12)20-3/h5-9,15,17H,4H2,1-3H3. The van der Waals surface area contributed by atoms with Gasteiger partial charge in [0.15, 0.2) is 0 Å². The van der Waals surface area contributed by atoms with Crippen molar-refractivity contribution in [1.29, 1.82) is 0 Å². The molecule has 0 aliphatic heterocycles. The number of ether oxygens (including phenoxy) is 1. The Morgan fingerprint density at radius 2 is 2.10 bits per heavy atom. The van der Waals surface area contributed by atoms with Gasteiger partial charge in [-0.2, -0.15) is 0 Å². The number of hydrogen-bond donors (Lipinski definition) is 1. The fourth-order valence-corrected chi connectivity index (χ4v) is 2.24. The fraction of sp³-hybridized carbons (Fsp3) is 0.333. The number of rotatable bonds is 5. The molecule has 2 aromatic rings. The molecule has 0 bridgehead atoms. The van der Waals surface area contributed by atoms with Gasteiger partial charge in [0.1, 0.15) is 5.75 Å². The Labute approximate surface area is 124 Å². The second-order valence-electron chi connectivity index (χ2n) is 4.46. The zero-order valence-electron chi connectivity index (χ0n) is 11.9. The number of methoxy groups -OCH3 is 1. The predicted molar refractivity (Wildman–Crippen MR) is 80.3 cm³/mol. The SMILES string of the molecule is CCNC(c1cnc(C)cn1)c1cc(Cl)ccc1OC. The van der Waals surface area contributed by atoms with Crippen LogP contribution in [0.4, 0.5) is 0 Å². The molecule has 1 N–H and O–H groups in total. The first-order chi connectivity index (χ1) is 9.65. The molecule has 1 atom stereocenters. The monoisotopic (exact) mass is 291 g/mol. The van der Waals surface area contributed by atoms with Gasteiger partial charge in [0, 0.05) is 16.8 Å². The molecule has 5 heteroatoms. The Morgan fingerprint density at radius 1 is 1.30 bits per heavy atom. The van der Waals surface area contributed by atoms with Crippen molar-refractivity contribution >= 4 is 11.6 Å². The van der Waals surface area contributed by atoms with Crippen molar-refractivity contribution < 1.29 is 4.74 Å². The van der Waals surface area contributed by atoms with Gasteiger partial charge in [-0.15, -0.1) is 0 Å². The second kappa shape index (κ2) is 6.68. The average molecular weight is 292 g/mol. The van der Waals surface area contributed by atoms with E-state index in [-0.39, 0.29) is 6.04 Å². The Morgan fingerprint density at radius 3 is 2.70 bits per heavy atom. The van der Waals surface area contributed by atoms with Gasteiger partial charge in [0.2, 0.25) is 0 Å². The highest BCUT2D eigenvalue weighted by atomic mass is 35.5. The topological polar surface area (TPSA) is 47.0 Å². The van der Waals surface area contributed by atoms with Crippen LogP contribution in [-0.4, -0.2) is 23.6 Å². The van der Waals surface area contributed by atoms with Gasteiger partial charge in [-0.1, -0.05) is 18.5 Å². The van der Waals surface area contributed by atoms with Crippen LogP contribution in [0.5, 0.6) is 5.75 Å². The molecule has 2 rings (SSSR count). The highest BCUT2D eigenvalue weighted by molar-refractivity contribution is 6.30. The molecule has 1 aromatic heterocycles. The van der Waals surface area contributed by atoms with E-state index in [0.29, 0.717) is 5.02 Å². The lowest BCUT2D eigenvalue weighted by Gasteiger charge is -2.20. The lowest BCUT2D eigenvalue weighted by molar-refractivity contribution is 0.403. The van der Waals surface area contributed by atoms with E-state index in [1.807, 2.05) is 32.0 Å². The molecular formula is C15H18ClN3O. The zero-order chi connectivity index (χ0) is 14.5. The van der Waals surface area contributed by atoms with E-state index in [9.17, 15) is 0 Å². The highest BCUT2D eigenvalue weighted by Gasteiger charge is 2.19. The van der Waals surface area contributed by atoms with Crippen LogP contribution in [-0.2, 0) is 0 Å². The largest absolute Gasteiger partial charge is 0.496 e. The van der Waals surface area contributed by atoms with E-state index in [0.717, 1.165) is 29.2 Å². The number of nitrogens with one attached hydrogen (secondary N) is 1. The summed E-state index contributed by atoms with van der Waals surface area (Å²) in [7, 11) is 1.65. The lowest BCUT2D eigenvalue weighted by Crippen LogP contribution is -2.23. The first-order valence-electron chi connectivity index (χ1n) is 6.51. The lowest BCUT2D eigenvalue weighted by atomic mass is 10.0. The van der Waals surface area contributed by atoms with E-state index in [1.165, 1.54) is 0 Å². The number of benzene rings is 1. The van der Waals surface area contributed by atoms with Crippen LogP contribution in [0, 0.1) is 6.92 Å². The Hall–Kier alpha value is -1.65. The summed E-state index contributed by atoms with van der Waals surface area (Å²) < 4.78 is 5.43. The molecule has 0 amide bonds. The van der Waals surface area contributed by atoms with E-state index < -0.39 is 0 Å². The van der Waals surface area contributed by atoms with Gasteiger partial charge in [0.25, 0.3) is 0 Å². The molecule has 0 saturated carbocycles. The van der Waals surface area contributed by atoms with Gasteiger partial charge in [-0.05, 0) is 31.7 Å². The van der Waals surface area contributed by atoms with Crippen molar-refractivity contribution in [1.82, 2.24) is 15.3 Å². The van der Waals surface area contributed by atoms with E-state index in [4.69, 9.17) is 16.3 Å². The Balaban J connectivity index is 2.47. The molecule has 20 heavy (non-hydrogen) atoms. The molecule has 0 spiro atoms. The maximum Gasteiger partial charge on any atom is 0.124 e. The van der Waals surface area contributed by atoms with Crippen molar-refractivity contribution in [2.24, 2.45) is 0 Å². The quantitative estimate of drug-likeness (QED) is 0.919. The molecule has 4 nitrogen and oxygen atoms in total. The van der Waals surface area contributed by atoms with Crippen molar-refractivity contribution in [3.63, 3.8) is 0 Å². The maximum atomic E-state index is 6.11. The normalized spacial score (nSPS) is 12.2. The minimum Gasteiger partial charge on any atom is -0.496 e. The van der Waals surface area contributed by atoms with Crippen molar-refractivity contribution in [2.75, 3.05) is 13.7 Å². The summed E-state index contributed by atoms with van der Waals surface area (Å²) in [5, 5.41) is 4.07. The molecule has 0 aliphatic carbocycles. The molecule has 0 saturated heterocycles. The van der Waals surface area contributed by atoms with Gasteiger partial charge in [-0.3, -0.25) is 9.97 Å². The minimum absolute atomic E-state index is 0.0956. The molecule has 1 aromatic carbocycles. The number of nitrogens with zero attached hydrogens (tertiary/aromatic N) is 2. The molecule has 0 fully saturated rings. The van der Waals surface area contributed by atoms with Gasteiger partial charge in [-0.25, -0.2) is 0 Å². The van der Waals surface area contributed by atoms with E-state index in [1.54, 1.807) is 19.5 Å². The molecule has 106 valence electrons. The zero-order valence-corrected chi connectivity index (χ0v) is 12.6. The van der Waals surface area contributed by atoms with Crippen LogP contribution in [0.3, 0.4) is 0 Å². The summed E-state index contributed by atoms with van der Waals surface area (Å²) in [5.74, 6) is 0.780. The molecule has 0 aliphatic rings. The highest BCUT2D eigenvalue weighted by Crippen LogP contribution is 2.31. The Kier molecular flexibility index (Phi) is 4.93. The van der Waals surface area contributed by atoms with Crippen LogP contribution in [0.2, 0.25) is 5.02 Å². The van der Waals surface area contributed by atoms with Gasteiger partial charge >= 0.3 is 0 Å². The molecule has 1 unspecified atom stereocenters. The first-order valence-corrected chi connectivity index (χ1v) is 6.89. The van der Waals surface area contributed by atoms with Crippen LogP contribution < -0.4 is 10.1 Å². The van der Waals surface area contributed by atoms with Crippen LogP contribution in [0.15, 0.2) is 30.6 Å². The number of halogens is 1. The number of aryl methyl sites for hydroxylation is 1.